The first-order valence-corrected chi connectivity index (χ1v) is 5.03. The van der Waals surface area contributed by atoms with Crippen molar-refractivity contribution in [3.05, 3.63) is 11.7 Å². The molecule has 1 unspecified atom stereocenters. The molecule has 0 aliphatic carbocycles. The first kappa shape index (κ1) is 13.4. The van der Waals surface area contributed by atoms with E-state index in [9.17, 15) is 0 Å². The lowest BCUT2D eigenvalue weighted by atomic mass is 10.2. The van der Waals surface area contributed by atoms with Crippen LogP contribution < -0.4 is 5.32 Å². The van der Waals surface area contributed by atoms with Crippen molar-refractivity contribution in [2.24, 2.45) is 0 Å². The minimum absolute atomic E-state index is 0. The lowest BCUT2D eigenvalue weighted by molar-refractivity contribution is 0.151. The Morgan fingerprint density at radius 1 is 1.62 bits per heavy atom. The summed E-state index contributed by atoms with van der Waals surface area (Å²) < 4.78 is 10.00. The summed E-state index contributed by atoms with van der Waals surface area (Å²) in [6.45, 7) is 3.24. The second kappa shape index (κ2) is 6.15. The number of ether oxygens (including phenoxy) is 1. The van der Waals surface area contributed by atoms with Gasteiger partial charge in [-0.2, -0.15) is 4.98 Å². The Labute approximate surface area is 101 Å². The number of aromatic nitrogens is 2. The van der Waals surface area contributed by atoms with E-state index in [0.29, 0.717) is 12.5 Å². The van der Waals surface area contributed by atoms with Gasteiger partial charge in [0.15, 0.2) is 5.82 Å². The van der Waals surface area contributed by atoms with Crippen LogP contribution in [0, 0.1) is 0 Å². The van der Waals surface area contributed by atoms with Gasteiger partial charge in [0.05, 0.1) is 6.04 Å². The molecule has 1 N–H and O–H groups in total. The van der Waals surface area contributed by atoms with Crippen LogP contribution in [0.3, 0.4) is 0 Å². The van der Waals surface area contributed by atoms with E-state index in [-0.39, 0.29) is 18.4 Å². The van der Waals surface area contributed by atoms with Crippen molar-refractivity contribution in [1.82, 2.24) is 20.4 Å². The van der Waals surface area contributed by atoms with Gasteiger partial charge in [-0.1, -0.05) is 5.16 Å². The molecule has 6 nitrogen and oxygen atoms in total. The van der Waals surface area contributed by atoms with Gasteiger partial charge in [0.1, 0.15) is 6.61 Å². The Hall–Kier alpha value is -0.690. The molecule has 1 aliphatic rings. The molecule has 2 heterocycles. The van der Waals surface area contributed by atoms with E-state index in [1.165, 1.54) is 0 Å². The SMILES string of the molecule is COCc1nc(C2CNCCN2C)no1.Cl. The molecular weight excluding hydrogens is 232 g/mol. The Bertz CT molecular complexity index is 320. The number of hydrogen-bond donors (Lipinski definition) is 1. The van der Waals surface area contributed by atoms with Crippen molar-refractivity contribution >= 4 is 12.4 Å². The number of methoxy groups -OCH3 is 1. The maximum Gasteiger partial charge on any atom is 0.252 e. The van der Waals surface area contributed by atoms with Crippen molar-refractivity contribution in [3.63, 3.8) is 0 Å². The topological polar surface area (TPSA) is 63.4 Å². The largest absolute Gasteiger partial charge is 0.375 e. The summed E-state index contributed by atoms with van der Waals surface area (Å²) in [5.41, 5.74) is 0. The molecule has 1 atom stereocenters. The van der Waals surface area contributed by atoms with E-state index in [4.69, 9.17) is 9.26 Å². The third-order valence-corrected chi connectivity index (χ3v) is 2.56. The van der Waals surface area contributed by atoms with Crippen LogP contribution in [0.25, 0.3) is 0 Å². The second-order valence-corrected chi connectivity index (χ2v) is 3.68. The third kappa shape index (κ3) is 2.91. The van der Waals surface area contributed by atoms with E-state index in [2.05, 4.69) is 27.4 Å². The van der Waals surface area contributed by atoms with Gasteiger partial charge in [-0.25, -0.2) is 0 Å². The van der Waals surface area contributed by atoms with E-state index in [0.717, 1.165) is 25.5 Å². The Morgan fingerprint density at radius 3 is 3.12 bits per heavy atom. The van der Waals surface area contributed by atoms with Gasteiger partial charge in [-0.3, -0.25) is 4.90 Å². The highest BCUT2D eigenvalue weighted by Gasteiger charge is 2.24. The Balaban J connectivity index is 0.00000128. The Morgan fingerprint density at radius 2 is 2.44 bits per heavy atom. The minimum Gasteiger partial charge on any atom is -0.375 e. The van der Waals surface area contributed by atoms with Gasteiger partial charge in [0.2, 0.25) is 0 Å². The number of nitrogens with zero attached hydrogens (tertiary/aromatic N) is 3. The van der Waals surface area contributed by atoms with Crippen molar-refractivity contribution in [2.75, 3.05) is 33.8 Å². The third-order valence-electron chi connectivity index (χ3n) is 2.56. The predicted octanol–water partition coefficient (Wildman–Crippen LogP) is 0.214. The summed E-state index contributed by atoms with van der Waals surface area (Å²) in [5.74, 6) is 1.27. The van der Waals surface area contributed by atoms with E-state index >= 15 is 0 Å². The molecule has 1 saturated heterocycles. The smallest absolute Gasteiger partial charge is 0.252 e. The molecule has 7 heteroatoms. The summed E-state index contributed by atoms with van der Waals surface area (Å²) in [5, 5.41) is 7.27. The fourth-order valence-electron chi connectivity index (χ4n) is 1.68. The van der Waals surface area contributed by atoms with Crippen molar-refractivity contribution in [2.45, 2.75) is 12.6 Å². The molecule has 0 amide bonds. The summed E-state index contributed by atoms with van der Waals surface area (Å²) >= 11 is 0. The van der Waals surface area contributed by atoms with Crippen LogP contribution in [-0.2, 0) is 11.3 Å². The molecule has 92 valence electrons. The lowest BCUT2D eigenvalue weighted by Crippen LogP contribution is -2.44. The van der Waals surface area contributed by atoms with Gasteiger partial charge >= 0.3 is 0 Å². The van der Waals surface area contributed by atoms with E-state index in [1.54, 1.807) is 7.11 Å². The van der Waals surface area contributed by atoms with Gasteiger partial charge in [-0.05, 0) is 7.05 Å². The summed E-state index contributed by atoms with van der Waals surface area (Å²) in [7, 11) is 3.68. The van der Waals surface area contributed by atoms with Crippen molar-refractivity contribution in [1.29, 1.82) is 0 Å². The quantitative estimate of drug-likeness (QED) is 0.825. The summed E-state index contributed by atoms with van der Waals surface area (Å²) in [6, 6.07) is 0.202. The zero-order valence-corrected chi connectivity index (χ0v) is 10.3. The van der Waals surface area contributed by atoms with Crippen LogP contribution in [-0.4, -0.2) is 48.8 Å². The Kier molecular flexibility index (Phi) is 5.14. The van der Waals surface area contributed by atoms with Crippen molar-refractivity contribution in [3.8, 4) is 0 Å². The normalized spacial score (nSPS) is 21.8. The molecule has 0 bridgehead atoms. The maximum atomic E-state index is 5.07. The van der Waals surface area contributed by atoms with Gasteiger partial charge in [0.25, 0.3) is 5.89 Å². The second-order valence-electron chi connectivity index (χ2n) is 3.68. The maximum absolute atomic E-state index is 5.07. The van der Waals surface area contributed by atoms with Crippen LogP contribution in [0.5, 0.6) is 0 Å². The molecule has 1 aliphatic heterocycles. The highest BCUT2D eigenvalue weighted by atomic mass is 35.5. The molecule has 0 spiro atoms. The highest BCUT2D eigenvalue weighted by molar-refractivity contribution is 5.85. The fraction of sp³-hybridized carbons (Fsp3) is 0.778. The van der Waals surface area contributed by atoms with E-state index in [1.807, 2.05) is 0 Å². The summed E-state index contributed by atoms with van der Waals surface area (Å²) in [4.78, 5) is 6.51. The monoisotopic (exact) mass is 248 g/mol. The number of hydrogen-bond acceptors (Lipinski definition) is 6. The number of likely N-dealkylation sites (N-methyl/N-ethyl adjacent to an activating group) is 1. The molecule has 1 aromatic heterocycles. The molecule has 0 aromatic carbocycles. The van der Waals surface area contributed by atoms with Crippen LogP contribution in [0.2, 0.25) is 0 Å². The zero-order valence-electron chi connectivity index (χ0n) is 9.47. The van der Waals surface area contributed by atoms with Crippen molar-refractivity contribution < 1.29 is 9.26 Å². The number of piperazine rings is 1. The van der Waals surface area contributed by atoms with Gasteiger partial charge in [0, 0.05) is 26.7 Å². The minimum atomic E-state index is 0. The van der Waals surface area contributed by atoms with Crippen LogP contribution >= 0.6 is 12.4 Å². The molecule has 1 aromatic rings. The summed E-state index contributed by atoms with van der Waals surface area (Å²) in [6.07, 6.45) is 0. The zero-order chi connectivity index (χ0) is 10.7. The molecule has 16 heavy (non-hydrogen) atoms. The molecule has 0 saturated carbocycles. The number of halogens is 1. The first-order valence-electron chi connectivity index (χ1n) is 5.03. The predicted molar refractivity (Wildman–Crippen MR) is 60.5 cm³/mol. The standard InChI is InChI=1S/C9H16N4O2.ClH/c1-13-4-3-10-5-7(13)9-11-8(6-14-2)15-12-9;/h7,10H,3-6H2,1-2H3;1H. The molecule has 2 rings (SSSR count). The number of nitrogens with one attached hydrogen (secondary N) is 1. The lowest BCUT2D eigenvalue weighted by Gasteiger charge is -2.30. The average molecular weight is 249 g/mol. The molecule has 1 fully saturated rings. The van der Waals surface area contributed by atoms with Gasteiger partial charge in [-0.15, -0.1) is 12.4 Å². The van der Waals surface area contributed by atoms with Crippen LogP contribution in [0.4, 0.5) is 0 Å². The number of rotatable bonds is 3. The van der Waals surface area contributed by atoms with Crippen LogP contribution in [0.1, 0.15) is 17.8 Å². The van der Waals surface area contributed by atoms with Crippen LogP contribution in [0.15, 0.2) is 4.52 Å². The average Bonchev–Trinajstić information content (AvgIpc) is 2.68. The first-order chi connectivity index (χ1) is 7.31. The van der Waals surface area contributed by atoms with E-state index < -0.39 is 0 Å². The fourth-order valence-corrected chi connectivity index (χ4v) is 1.68. The highest BCUT2D eigenvalue weighted by Crippen LogP contribution is 2.17. The molecular formula is C9H17ClN4O2. The van der Waals surface area contributed by atoms with Gasteiger partial charge < -0.3 is 14.6 Å². The molecule has 0 radical (unpaired) electrons.